The van der Waals surface area contributed by atoms with Crippen LogP contribution in [0.15, 0.2) is 39.8 Å². The fourth-order valence-corrected chi connectivity index (χ4v) is 3.52. The lowest BCUT2D eigenvalue weighted by Crippen LogP contribution is -2.39. The first-order chi connectivity index (χ1) is 12.5. The molecule has 1 saturated heterocycles. The van der Waals surface area contributed by atoms with Crippen molar-refractivity contribution in [2.45, 2.75) is 25.7 Å². The van der Waals surface area contributed by atoms with Crippen LogP contribution >= 0.6 is 0 Å². The summed E-state index contributed by atoms with van der Waals surface area (Å²) in [6, 6.07) is 5.11. The summed E-state index contributed by atoms with van der Waals surface area (Å²) in [5.41, 5.74) is 3.50. The smallest absolute Gasteiger partial charge is 0.408 e. The molecule has 26 heavy (non-hydrogen) atoms. The van der Waals surface area contributed by atoms with E-state index in [4.69, 9.17) is 4.42 Å². The molecule has 4 rings (SSSR count). The third kappa shape index (κ3) is 2.89. The number of fused-ring (bicyclic) bond motifs is 1. The van der Waals surface area contributed by atoms with Gasteiger partial charge in [-0.15, -0.1) is 0 Å². The molecule has 0 aliphatic carbocycles. The molecular formula is C19H20N4O3. The van der Waals surface area contributed by atoms with E-state index >= 15 is 0 Å². The highest BCUT2D eigenvalue weighted by Gasteiger charge is 2.27. The lowest BCUT2D eigenvalue weighted by molar-refractivity contribution is 0.0706. The Balaban J connectivity index is 1.59. The number of likely N-dealkylation sites (tertiary alicyclic amines) is 1. The zero-order chi connectivity index (χ0) is 18.3. The maximum Gasteiger partial charge on any atom is 0.419 e. The molecule has 0 bridgehead atoms. The van der Waals surface area contributed by atoms with Gasteiger partial charge in [-0.1, -0.05) is 0 Å². The molecule has 0 N–H and O–H groups in total. The number of oxazole rings is 1. The molecule has 3 aromatic rings. The van der Waals surface area contributed by atoms with Crippen molar-refractivity contribution in [1.82, 2.24) is 19.4 Å². The third-order valence-electron chi connectivity index (χ3n) is 4.94. The van der Waals surface area contributed by atoms with E-state index in [1.54, 1.807) is 37.6 Å². The standard InChI is InChI=1S/C19H20N4O3/c1-12-9-20-10-15(21-12)14-4-3-7-23(11-14)18(24)13-5-6-17-16(8-13)22(2)19(25)26-17/h5-6,8-10,14H,3-4,7,11H2,1-2H3/t14-/m0/s1. The first-order valence-corrected chi connectivity index (χ1v) is 8.70. The number of aromatic nitrogens is 3. The highest BCUT2D eigenvalue weighted by atomic mass is 16.4. The van der Waals surface area contributed by atoms with E-state index in [2.05, 4.69) is 9.97 Å². The first-order valence-electron chi connectivity index (χ1n) is 8.70. The van der Waals surface area contributed by atoms with Crippen LogP contribution in [0.1, 0.15) is 40.5 Å². The van der Waals surface area contributed by atoms with Crippen molar-refractivity contribution in [2.24, 2.45) is 7.05 Å². The van der Waals surface area contributed by atoms with Crippen LogP contribution in [0.4, 0.5) is 0 Å². The number of amides is 1. The second-order valence-electron chi connectivity index (χ2n) is 6.79. The Morgan fingerprint density at radius 3 is 2.96 bits per heavy atom. The van der Waals surface area contributed by atoms with Crippen molar-refractivity contribution in [2.75, 3.05) is 13.1 Å². The molecule has 0 saturated carbocycles. The summed E-state index contributed by atoms with van der Waals surface area (Å²) in [6.07, 6.45) is 5.45. The van der Waals surface area contributed by atoms with Gasteiger partial charge in [0.2, 0.25) is 0 Å². The fourth-order valence-electron chi connectivity index (χ4n) is 3.52. The second kappa shape index (κ2) is 6.40. The predicted octanol–water partition coefficient (Wildman–Crippen LogP) is 2.25. The van der Waals surface area contributed by atoms with Gasteiger partial charge in [-0.3, -0.25) is 19.3 Å². The molecule has 1 aliphatic heterocycles. The van der Waals surface area contributed by atoms with Crippen LogP contribution in [-0.2, 0) is 7.05 Å². The molecule has 0 spiro atoms. The number of hydrogen-bond acceptors (Lipinski definition) is 5. The lowest BCUT2D eigenvalue weighted by atomic mass is 9.94. The molecule has 1 fully saturated rings. The van der Waals surface area contributed by atoms with Crippen LogP contribution in [0.2, 0.25) is 0 Å². The zero-order valence-electron chi connectivity index (χ0n) is 14.8. The monoisotopic (exact) mass is 352 g/mol. The maximum absolute atomic E-state index is 13.0. The minimum atomic E-state index is -0.430. The van der Waals surface area contributed by atoms with Crippen LogP contribution in [0, 0.1) is 6.92 Å². The van der Waals surface area contributed by atoms with E-state index in [0.29, 0.717) is 23.2 Å². The Kier molecular flexibility index (Phi) is 4.06. The molecule has 134 valence electrons. The van der Waals surface area contributed by atoms with E-state index in [1.165, 1.54) is 4.57 Å². The summed E-state index contributed by atoms with van der Waals surface area (Å²) in [5, 5.41) is 0. The van der Waals surface area contributed by atoms with Gasteiger partial charge in [0.15, 0.2) is 5.58 Å². The third-order valence-corrected chi connectivity index (χ3v) is 4.94. The molecule has 7 heteroatoms. The molecule has 1 amide bonds. The Hall–Kier alpha value is -2.96. The van der Waals surface area contributed by atoms with Gasteiger partial charge in [-0.25, -0.2) is 4.79 Å². The van der Waals surface area contributed by atoms with Gasteiger partial charge in [0.05, 0.1) is 16.9 Å². The number of benzene rings is 1. The van der Waals surface area contributed by atoms with Crippen LogP contribution < -0.4 is 5.76 Å². The average molecular weight is 352 g/mol. The second-order valence-corrected chi connectivity index (χ2v) is 6.79. The Morgan fingerprint density at radius 2 is 2.15 bits per heavy atom. The van der Waals surface area contributed by atoms with Crippen LogP contribution in [0.5, 0.6) is 0 Å². The zero-order valence-corrected chi connectivity index (χ0v) is 14.8. The minimum Gasteiger partial charge on any atom is -0.408 e. The molecule has 1 aliphatic rings. The maximum atomic E-state index is 13.0. The van der Waals surface area contributed by atoms with Crippen molar-refractivity contribution in [3.63, 3.8) is 0 Å². The normalized spacial score (nSPS) is 17.6. The average Bonchev–Trinajstić information content (AvgIpc) is 2.95. The predicted molar refractivity (Wildman–Crippen MR) is 96.1 cm³/mol. The molecule has 7 nitrogen and oxygen atoms in total. The van der Waals surface area contributed by atoms with E-state index in [1.807, 2.05) is 11.8 Å². The summed E-state index contributed by atoms with van der Waals surface area (Å²) in [5.74, 6) is -0.270. The van der Waals surface area contributed by atoms with E-state index in [-0.39, 0.29) is 11.8 Å². The topological polar surface area (TPSA) is 81.2 Å². The van der Waals surface area contributed by atoms with Crippen LogP contribution in [0.25, 0.3) is 11.1 Å². The number of rotatable bonds is 2. The Labute approximate surface area is 150 Å². The van der Waals surface area contributed by atoms with E-state index < -0.39 is 5.76 Å². The van der Waals surface area contributed by atoms with Gasteiger partial charge in [0, 0.05) is 44.0 Å². The van der Waals surface area contributed by atoms with Gasteiger partial charge < -0.3 is 9.32 Å². The molecule has 3 heterocycles. The SMILES string of the molecule is Cc1cncc([C@H]2CCCN(C(=O)c3ccc4oc(=O)n(C)c4c3)C2)n1. The lowest BCUT2D eigenvalue weighted by Gasteiger charge is -2.32. The quantitative estimate of drug-likeness (QED) is 0.706. The fraction of sp³-hybridized carbons (Fsp3) is 0.368. The molecule has 1 aromatic carbocycles. The number of carbonyl (C=O) groups excluding carboxylic acids is 1. The van der Waals surface area contributed by atoms with Gasteiger partial charge in [0.1, 0.15) is 0 Å². The Bertz CT molecular complexity index is 1040. The van der Waals surface area contributed by atoms with Crippen molar-refractivity contribution < 1.29 is 9.21 Å². The highest BCUT2D eigenvalue weighted by Crippen LogP contribution is 2.27. The van der Waals surface area contributed by atoms with Crippen molar-refractivity contribution >= 4 is 17.0 Å². The molecular weight excluding hydrogens is 332 g/mol. The van der Waals surface area contributed by atoms with Crippen molar-refractivity contribution in [1.29, 1.82) is 0 Å². The minimum absolute atomic E-state index is 0.0362. The van der Waals surface area contributed by atoms with Crippen LogP contribution in [0.3, 0.4) is 0 Å². The summed E-state index contributed by atoms with van der Waals surface area (Å²) in [4.78, 5) is 35.3. The number of carbonyl (C=O) groups is 1. The molecule has 2 aromatic heterocycles. The summed E-state index contributed by atoms with van der Waals surface area (Å²) in [6.45, 7) is 3.27. The summed E-state index contributed by atoms with van der Waals surface area (Å²) < 4.78 is 6.54. The van der Waals surface area contributed by atoms with E-state index in [0.717, 1.165) is 30.8 Å². The largest absolute Gasteiger partial charge is 0.419 e. The van der Waals surface area contributed by atoms with Crippen molar-refractivity contribution in [3.8, 4) is 0 Å². The van der Waals surface area contributed by atoms with Gasteiger partial charge in [-0.2, -0.15) is 0 Å². The van der Waals surface area contributed by atoms with Gasteiger partial charge in [0.25, 0.3) is 5.91 Å². The van der Waals surface area contributed by atoms with Crippen LogP contribution in [-0.4, -0.2) is 38.4 Å². The van der Waals surface area contributed by atoms with E-state index in [9.17, 15) is 9.59 Å². The number of piperidine rings is 1. The first kappa shape index (κ1) is 16.5. The number of nitrogens with zero attached hydrogens (tertiary/aromatic N) is 4. The summed E-state index contributed by atoms with van der Waals surface area (Å²) >= 11 is 0. The van der Waals surface area contributed by atoms with Gasteiger partial charge in [-0.05, 0) is 38.0 Å². The Morgan fingerprint density at radius 1 is 1.31 bits per heavy atom. The number of hydrogen-bond donors (Lipinski definition) is 0. The highest BCUT2D eigenvalue weighted by molar-refractivity contribution is 5.97. The summed E-state index contributed by atoms with van der Waals surface area (Å²) in [7, 11) is 1.63. The molecule has 1 atom stereocenters. The number of aryl methyl sites for hydroxylation is 2. The van der Waals surface area contributed by atoms with Crippen molar-refractivity contribution in [3.05, 3.63) is 58.1 Å². The molecule has 0 radical (unpaired) electrons. The van der Waals surface area contributed by atoms with Gasteiger partial charge >= 0.3 is 5.76 Å². The molecule has 0 unspecified atom stereocenters.